The molecule has 2 aromatic carbocycles. The molecule has 1 heterocycles. The topological polar surface area (TPSA) is 103 Å². The molecule has 0 unspecified atom stereocenters. The largest absolute Gasteiger partial charge is 0.451 e. The lowest BCUT2D eigenvalue weighted by atomic mass is 10.0. The second kappa shape index (κ2) is 10.4. The van der Waals surface area contributed by atoms with Crippen molar-refractivity contribution < 1.29 is 18.7 Å². The Kier molecular flexibility index (Phi) is 7.37. The first-order chi connectivity index (χ1) is 15.0. The van der Waals surface area contributed by atoms with E-state index in [9.17, 15) is 14.4 Å². The van der Waals surface area contributed by atoms with Crippen molar-refractivity contribution in [2.45, 2.75) is 45.4 Å². The van der Waals surface area contributed by atoms with Crippen molar-refractivity contribution in [3.8, 4) is 11.5 Å². The number of carbonyl (C=O) groups excluding carboxylic acids is 2. The molecule has 31 heavy (non-hydrogen) atoms. The molecular formula is C23H25N3O5. The second-order valence-electron chi connectivity index (χ2n) is 7.09. The van der Waals surface area contributed by atoms with Gasteiger partial charge in [0.05, 0.1) is 6.04 Å². The van der Waals surface area contributed by atoms with Gasteiger partial charge in [-0.05, 0) is 31.0 Å². The quantitative estimate of drug-likeness (QED) is 0.531. The number of esters is 1. The molecule has 0 aliphatic heterocycles. The minimum atomic E-state index is -1.02. The van der Waals surface area contributed by atoms with Gasteiger partial charge in [-0.1, -0.05) is 61.9 Å². The highest BCUT2D eigenvalue weighted by atomic mass is 16.5. The van der Waals surface area contributed by atoms with E-state index >= 15 is 0 Å². The zero-order chi connectivity index (χ0) is 22.2. The highest BCUT2D eigenvalue weighted by molar-refractivity contribution is 5.83. The van der Waals surface area contributed by atoms with E-state index in [4.69, 9.17) is 9.15 Å². The van der Waals surface area contributed by atoms with E-state index in [0.717, 1.165) is 23.1 Å². The lowest BCUT2D eigenvalue weighted by Gasteiger charge is -2.21. The third-order valence-electron chi connectivity index (χ3n) is 4.68. The van der Waals surface area contributed by atoms with E-state index in [-0.39, 0.29) is 11.9 Å². The van der Waals surface area contributed by atoms with E-state index in [2.05, 4.69) is 10.4 Å². The maximum atomic E-state index is 12.6. The van der Waals surface area contributed by atoms with Gasteiger partial charge in [-0.3, -0.25) is 9.59 Å². The van der Waals surface area contributed by atoms with Crippen LogP contribution in [0, 0.1) is 0 Å². The number of amides is 1. The van der Waals surface area contributed by atoms with Crippen LogP contribution < -0.4 is 11.1 Å². The highest BCUT2D eigenvalue weighted by Crippen LogP contribution is 2.18. The number of ether oxygens (including phenoxy) is 1. The van der Waals surface area contributed by atoms with Crippen LogP contribution in [0.4, 0.5) is 0 Å². The van der Waals surface area contributed by atoms with Crippen LogP contribution in [0.15, 0.2) is 69.9 Å². The third kappa shape index (κ3) is 5.91. The van der Waals surface area contributed by atoms with Crippen LogP contribution in [-0.4, -0.2) is 27.8 Å². The first kappa shape index (κ1) is 22.0. The third-order valence-corrected chi connectivity index (χ3v) is 4.68. The van der Waals surface area contributed by atoms with Crippen molar-refractivity contribution in [1.82, 2.24) is 15.1 Å². The number of aromatic nitrogens is 2. The van der Waals surface area contributed by atoms with Crippen molar-refractivity contribution in [2.24, 2.45) is 0 Å². The van der Waals surface area contributed by atoms with Crippen LogP contribution in [-0.2, 0) is 20.9 Å². The molecular weight excluding hydrogens is 398 g/mol. The monoisotopic (exact) mass is 423 g/mol. The van der Waals surface area contributed by atoms with Crippen molar-refractivity contribution in [3.05, 3.63) is 76.8 Å². The van der Waals surface area contributed by atoms with Gasteiger partial charge in [0.1, 0.15) is 6.54 Å². The normalized spacial score (nSPS) is 12.7. The van der Waals surface area contributed by atoms with Gasteiger partial charge in [-0.15, -0.1) is 5.10 Å². The Bertz CT molecular complexity index is 1060. The molecule has 0 radical (unpaired) electrons. The van der Waals surface area contributed by atoms with E-state index in [1.807, 2.05) is 43.3 Å². The van der Waals surface area contributed by atoms with Crippen LogP contribution in [0.1, 0.15) is 38.3 Å². The minimum Gasteiger partial charge on any atom is -0.451 e. The summed E-state index contributed by atoms with van der Waals surface area (Å²) in [4.78, 5) is 36.8. The summed E-state index contributed by atoms with van der Waals surface area (Å²) in [6.45, 7) is 3.07. The van der Waals surface area contributed by atoms with E-state index in [0.29, 0.717) is 5.56 Å². The van der Waals surface area contributed by atoms with Gasteiger partial charge in [-0.25, -0.2) is 4.79 Å². The van der Waals surface area contributed by atoms with Crippen molar-refractivity contribution in [2.75, 3.05) is 0 Å². The van der Waals surface area contributed by atoms with Crippen molar-refractivity contribution in [1.29, 1.82) is 0 Å². The maximum Gasteiger partial charge on any atom is 0.437 e. The average Bonchev–Trinajstić information content (AvgIpc) is 3.14. The molecule has 0 aliphatic rings. The van der Waals surface area contributed by atoms with Gasteiger partial charge in [0.15, 0.2) is 6.10 Å². The summed E-state index contributed by atoms with van der Waals surface area (Å²) in [6, 6.07) is 18.3. The van der Waals surface area contributed by atoms with Gasteiger partial charge in [0.25, 0.3) is 5.91 Å². The fourth-order valence-electron chi connectivity index (χ4n) is 3.10. The fourth-order valence-corrected chi connectivity index (χ4v) is 3.10. The number of hydrogen-bond donors (Lipinski definition) is 1. The summed E-state index contributed by atoms with van der Waals surface area (Å²) in [6.07, 6.45) is 0.617. The fraction of sp³-hybridized carbons (Fsp3) is 0.304. The SMILES string of the molecule is CCC[C@@H](NC(=O)[C@H](C)OC(=O)Cn1nc(-c2ccccc2)oc1=O)c1ccccc1. The first-order valence-corrected chi connectivity index (χ1v) is 10.2. The van der Waals surface area contributed by atoms with Crippen molar-refractivity contribution in [3.63, 3.8) is 0 Å². The number of benzene rings is 2. The number of nitrogens with one attached hydrogen (secondary N) is 1. The summed E-state index contributed by atoms with van der Waals surface area (Å²) in [5.41, 5.74) is 1.60. The van der Waals surface area contributed by atoms with Crippen LogP contribution in [0.25, 0.3) is 11.5 Å². The molecule has 2 atom stereocenters. The minimum absolute atomic E-state index is 0.106. The van der Waals surface area contributed by atoms with Gasteiger partial charge in [0, 0.05) is 5.56 Å². The molecule has 0 spiro atoms. The Morgan fingerprint density at radius 3 is 2.39 bits per heavy atom. The van der Waals surface area contributed by atoms with Crippen LogP contribution >= 0.6 is 0 Å². The molecule has 162 valence electrons. The molecule has 0 bridgehead atoms. The van der Waals surface area contributed by atoms with Crippen LogP contribution in [0.2, 0.25) is 0 Å². The van der Waals surface area contributed by atoms with Crippen molar-refractivity contribution >= 4 is 11.9 Å². The summed E-state index contributed by atoms with van der Waals surface area (Å²) in [7, 11) is 0. The molecule has 0 saturated heterocycles. The molecule has 0 saturated carbocycles. The van der Waals surface area contributed by atoms with E-state index in [1.54, 1.807) is 24.3 Å². The molecule has 0 aliphatic carbocycles. The Balaban J connectivity index is 1.59. The molecule has 3 rings (SSSR count). The lowest BCUT2D eigenvalue weighted by Crippen LogP contribution is -2.39. The number of nitrogens with zero attached hydrogens (tertiary/aromatic N) is 2. The zero-order valence-corrected chi connectivity index (χ0v) is 17.5. The number of rotatable bonds is 9. The highest BCUT2D eigenvalue weighted by Gasteiger charge is 2.23. The van der Waals surface area contributed by atoms with E-state index < -0.39 is 30.3 Å². The summed E-state index contributed by atoms with van der Waals surface area (Å²) in [5, 5.41) is 6.94. The summed E-state index contributed by atoms with van der Waals surface area (Å²) >= 11 is 0. The average molecular weight is 423 g/mol. The Morgan fingerprint density at radius 1 is 1.10 bits per heavy atom. The first-order valence-electron chi connectivity index (χ1n) is 10.2. The van der Waals surface area contributed by atoms with Gasteiger partial charge in [0.2, 0.25) is 5.89 Å². The lowest BCUT2D eigenvalue weighted by molar-refractivity contribution is -0.155. The molecule has 8 nitrogen and oxygen atoms in total. The summed E-state index contributed by atoms with van der Waals surface area (Å²) in [5.74, 6) is -1.84. The molecule has 8 heteroatoms. The van der Waals surface area contributed by atoms with Gasteiger partial charge < -0.3 is 14.5 Å². The Morgan fingerprint density at radius 2 is 1.74 bits per heavy atom. The second-order valence-corrected chi connectivity index (χ2v) is 7.09. The maximum absolute atomic E-state index is 12.6. The van der Waals surface area contributed by atoms with E-state index in [1.165, 1.54) is 6.92 Å². The molecule has 3 aromatic rings. The molecule has 1 amide bonds. The predicted octanol–water partition coefficient (Wildman–Crippen LogP) is 3.09. The standard InChI is InChI=1S/C23H25N3O5/c1-3-10-19(17-11-6-4-7-12-17)24-21(28)16(2)30-20(27)15-26-23(29)31-22(25-26)18-13-8-5-9-14-18/h4-9,11-14,16,19H,3,10,15H2,1-2H3,(H,24,28)/t16-,19+/m0/s1. The Hall–Kier alpha value is -3.68. The molecule has 1 N–H and O–H groups in total. The Labute approximate surface area is 179 Å². The van der Waals surface area contributed by atoms with Crippen LogP contribution in [0.5, 0.6) is 0 Å². The smallest absolute Gasteiger partial charge is 0.437 e. The zero-order valence-electron chi connectivity index (χ0n) is 17.5. The van der Waals surface area contributed by atoms with Gasteiger partial charge in [-0.2, -0.15) is 4.68 Å². The summed E-state index contributed by atoms with van der Waals surface area (Å²) < 4.78 is 11.2. The van der Waals surface area contributed by atoms with Crippen LogP contribution in [0.3, 0.4) is 0 Å². The molecule has 1 aromatic heterocycles. The van der Waals surface area contributed by atoms with Gasteiger partial charge >= 0.3 is 11.7 Å². The number of hydrogen-bond acceptors (Lipinski definition) is 6. The predicted molar refractivity (Wildman–Crippen MR) is 114 cm³/mol. The number of carbonyl (C=O) groups is 2. The molecule has 0 fully saturated rings.